The maximum absolute atomic E-state index is 12.2. The molecule has 25 heavy (non-hydrogen) atoms. The fourth-order valence-corrected chi connectivity index (χ4v) is 2.77. The van der Waals surface area contributed by atoms with Gasteiger partial charge in [0.25, 0.3) is 0 Å². The smallest absolute Gasteiger partial charge is 0.244 e. The first-order valence-corrected chi connectivity index (χ1v) is 8.17. The summed E-state index contributed by atoms with van der Waals surface area (Å²) in [5.41, 5.74) is 6.29. The molecule has 2 N–H and O–H groups in total. The molecule has 0 aliphatic rings. The van der Waals surface area contributed by atoms with Crippen molar-refractivity contribution in [2.45, 2.75) is 13.3 Å². The predicted molar refractivity (Wildman–Crippen MR) is 100 cm³/mol. The van der Waals surface area contributed by atoms with E-state index in [1.54, 1.807) is 25.5 Å². The third-order valence-corrected chi connectivity index (χ3v) is 4.19. The maximum Gasteiger partial charge on any atom is 0.244 e. The number of nitrogens with zero attached hydrogens (tertiary/aromatic N) is 1. The Balaban J connectivity index is 1.71. The number of ether oxygens (including phenoxy) is 1. The van der Waals surface area contributed by atoms with Crippen LogP contribution in [0.3, 0.4) is 0 Å². The number of methoxy groups -OCH3 is 1. The Labute approximate surface area is 150 Å². The summed E-state index contributed by atoms with van der Waals surface area (Å²) >= 11 is 5.83. The van der Waals surface area contributed by atoms with E-state index in [0.29, 0.717) is 5.02 Å². The summed E-state index contributed by atoms with van der Waals surface area (Å²) in [7, 11) is 1.62. The van der Waals surface area contributed by atoms with Crippen molar-refractivity contribution in [1.29, 1.82) is 0 Å². The van der Waals surface area contributed by atoms with E-state index in [2.05, 4.69) is 15.5 Å². The molecule has 0 aliphatic heterocycles. The highest BCUT2D eigenvalue weighted by Crippen LogP contribution is 2.26. The monoisotopic (exact) mass is 355 g/mol. The molecule has 0 aliphatic carbocycles. The van der Waals surface area contributed by atoms with Crippen molar-refractivity contribution in [2.75, 3.05) is 7.11 Å². The molecule has 0 unspecified atom stereocenters. The van der Waals surface area contributed by atoms with E-state index < -0.39 is 0 Å². The van der Waals surface area contributed by atoms with Gasteiger partial charge in [-0.1, -0.05) is 23.7 Å². The van der Waals surface area contributed by atoms with Crippen LogP contribution in [0.15, 0.2) is 47.6 Å². The van der Waals surface area contributed by atoms with Crippen LogP contribution < -0.4 is 10.2 Å². The number of hydrogen-bond donors (Lipinski definition) is 2. The number of fused-ring (bicyclic) bond motifs is 1. The van der Waals surface area contributed by atoms with Gasteiger partial charge in [0.15, 0.2) is 0 Å². The van der Waals surface area contributed by atoms with Gasteiger partial charge in [-0.2, -0.15) is 5.10 Å². The standard InChI is InChI=1S/C19H18ClN3O2/c1-12-16(17-9-15(25-2)7-8-18(17)22-12)10-19(24)23-21-11-13-3-5-14(20)6-4-13/h3-9,11,22H,10H2,1-2H3,(H,23,24). The summed E-state index contributed by atoms with van der Waals surface area (Å²) in [5, 5.41) is 5.63. The number of carbonyl (C=O) groups is 1. The largest absolute Gasteiger partial charge is 0.497 e. The second-order valence-electron chi connectivity index (χ2n) is 5.66. The average Bonchev–Trinajstić information content (AvgIpc) is 2.91. The molecular weight excluding hydrogens is 338 g/mol. The van der Waals surface area contributed by atoms with Crippen LogP contribution in [0.4, 0.5) is 0 Å². The van der Waals surface area contributed by atoms with Crippen molar-refractivity contribution < 1.29 is 9.53 Å². The van der Waals surface area contributed by atoms with Gasteiger partial charge < -0.3 is 9.72 Å². The highest BCUT2D eigenvalue weighted by atomic mass is 35.5. The van der Waals surface area contributed by atoms with Gasteiger partial charge in [-0.3, -0.25) is 4.79 Å². The van der Waals surface area contributed by atoms with Crippen LogP contribution in [0.2, 0.25) is 5.02 Å². The number of hydrazone groups is 1. The number of aromatic amines is 1. The van der Waals surface area contributed by atoms with Crippen molar-refractivity contribution in [3.8, 4) is 5.75 Å². The summed E-state index contributed by atoms with van der Waals surface area (Å²) in [5.74, 6) is 0.575. The molecule has 5 nitrogen and oxygen atoms in total. The second-order valence-corrected chi connectivity index (χ2v) is 6.10. The molecule has 1 aromatic heterocycles. The van der Waals surface area contributed by atoms with Crippen LogP contribution in [-0.2, 0) is 11.2 Å². The van der Waals surface area contributed by atoms with Crippen molar-refractivity contribution in [1.82, 2.24) is 10.4 Å². The van der Waals surface area contributed by atoms with Gasteiger partial charge in [0.1, 0.15) is 5.75 Å². The van der Waals surface area contributed by atoms with E-state index in [-0.39, 0.29) is 12.3 Å². The first-order chi connectivity index (χ1) is 12.1. The molecule has 0 bridgehead atoms. The second kappa shape index (κ2) is 7.40. The quantitative estimate of drug-likeness (QED) is 0.539. The lowest BCUT2D eigenvalue weighted by molar-refractivity contribution is -0.120. The first kappa shape index (κ1) is 17.0. The Hall–Kier alpha value is -2.79. The van der Waals surface area contributed by atoms with E-state index in [1.807, 2.05) is 37.3 Å². The van der Waals surface area contributed by atoms with E-state index in [0.717, 1.165) is 33.5 Å². The number of aromatic nitrogens is 1. The lowest BCUT2D eigenvalue weighted by atomic mass is 10.1. The van der Waals surface area contributed by atoms with Gasteiger partial charge in [0, 0.05) is 21.6 Å². The number of aryl methyl sites for hydroxylation is 1. The molecule has 0 saturated carbocycles. The van der Waals surface area contributed by atoms with Crippen LogP contribution in [0.25, 0.3) is 10.9 Å². The SMILES string of the molecule is COc1ccc2[nH]c(C)c(CC(=O)NN=Cc3ccc(Cl)cc3)c2c1. The Bertz CT molecular complexity index is 930. The molecule has 2 aromatic carbocycles. The average molecular weight is 356 g/mol. The molecule has 1 heterocycles. The van der Waals surface area contributed by atoms with Gasteiger partial charge in [-0.25, -0.2) is 5.43 Å². The normalized spacial score (nSPS) is 11.2. The highest BCUT2D eigenvalue weighted by molar-refractivity contribution is 6.30. The van der Waals surface area contributed by atoms with E-state index in [1.165, 1.54) is 0 Å². The van der Waals surface area contributed by atoms with Gasteiger partial charge in [-0.05, 0) is 48.4 Å². The highest BCUT2D eigenvalue weighted by Gasteiger charge is 2.13. The van der Waals surface area contributed by atoms with Crippen LogP contribution in [0.1, 0.15) is 16.8 Å². The Morgan fingerprint density at radius 3 is 2.76 bits per heavy atom. The summed E-state index contributed by atoms with van der Waals surface area (Å²) in [6, 6.07) is 13.0. The number of hydrogen-bond acceptors (Lipinski definition) is 3. The minimum Gasteiger partial charge on any atom is -0.497 e. The van der Waals surface area contributed by atoms with Crippen LogP contribution in [-0.4, -0.2) is 24.2 Å². The minimum atomic E-state index is -0.183. The molecule has 1 amide bonds. The number of rotatable bonds is 5. The molecule has 0 radical (unpaired) electrons. The third kappa shape index (κ3) is 4.00. The van der Waals surface area contributed by atoms with Gasteiger partial charge in [0.2, 0.25) is 5.91 Å². The van der Waals surface area contributed by atoms with Crippen molar-refractivity contribution in [2.24, 2.45) is 5.10 Å². The number of amides is 1. The Kier molecular flexibility index (Phi) is 5.05. The fraction of sp³-hybridized carbons (Fsp3) is 0.158. The Morgan fingerprint density at radius 2 is 2.04 bits per heavy atom. The van der Waals surface area contributed by atoms with Crippen molar-refractivity contribution >= 4 is 34.6 Å². The summed E-state index contributed by atoms with van der Waals surface area (Å²) in [6.07, 6.45) is 1.82. The zero-order chi connectivity index (χ0) is 17.8. The predicted octanol–water partition coefficient (Wildman–Crippen LogP) is 3.83. The van der Waals surface area contributed by atoms with Gasteiger partial charge in [-0.15, -0.1) is 0 Å². The molecular formula is C19H18ClN3O2. The van der Waals surface area contributed by atoms with Gasteiger partial charge in [0.05, 0.1) is 19.7 Å². The van der Waals surface area contributed by atoms with E-state index in [4.69, 9.17) is 16.3 Å². The van der Waals surface area contributed by atoms with E-state index in [9.17, 15) is 4.79 Å². The number of nitrogens with one attached hydrogen (secondary N) is 2. The van der Waals surface area contributed by atoms with Crippen LogP contribution >= 0.6 is 11.6 Å². The number of halogens is 1. The van der Waals surface area contributed by atoms with Gasteiger partial charge >= 0.3 is 0 Å². The summed E-state index contributed by atoms with van der Waals surface area (Å²) in [4.78, 5) is 15.5. The molecule has 3 aromatic rings. The molecule has 0 saturated heterocycles. The lowest BCUT2D eigenvalue weighted by Crippen LogP contribution is -2.20. The molecule has 128 valence electrons. The minimum absolute atomic E-state index is 0.183. The molecule has 0 fully saturated rings. The molecule has 0 spiro atoms. The zero-order valence-corrected chi connectivity index (χ0v) is 14.7. The summed E-state index contributed by atoms with van der Waals surface area (Å²) in [6.45, 7) is 1.95. The molecule has 6 heteroatoms. The fourth-order valence-electron chi connectivity index (χ4n) is 2.64. The molecule has 0 atom stereocenters. The number of carbonyl (C=O) groups excluding carboxylic acids is 1. The topological polar surface area (TPSA) is 66.5 Å². The Morgan fingerprint density at radius 1 is 1.28 bits per heavy atom. The zero-order valence-electron chi connectivity index (χ0n) is 14.0. The molecule has 3 rings (SSSR count). The first-order valence-electron chi connectivity index (χ1n) is 7.79. The van der Waals surface area contributed by atoms with Crippen LogP contribution in [0, 0.1) is 6.92 Å². The van der Waals surface area contributed by atoms with Crippen LogP contribution in [0.5, 0.6) is 5.75 Å². The summed E-state index contributed by atoms with van der Waals surface area (Å²) < 4.78 is 5.27. The number of benzene rings is 2. The van der Waals surface area contributed by atoms with Crippen molar-refractivity contribution in [3.05, 3.63) is 64.3 Å². The maximum atomic E-state index is 12.2. The number of H-pyrrole nitrogens is 1. The van der Waals surface area contributed by atoms with E-state index >= 15 is 0 Å². The third-order valence-electron chi connectivity index (χ3n) is 3.94. The van der Waals surface area contributed by atoms with Crippen molar-refractivity contribution in [3.63, 3.8) is 0 Å². The lowest BCUT2D eigenvalue weighted by Gasteiger charge is -2.03.